The zero-order valence-electron chi connectivity index (χ0n) is 8.63. The number of benzene rings is 1. The summed E-state index contributed by atoms with van der Waals surface area (Å²) >= 11 is 0. The van der Waals surface area contributed by atoms with Gasteiger partial charge >= 0.3 is 0 Å². The number of rotatable bonds is 3. The smallest absolute Gasteiger partial charge is 0.270 e. The van der Waals surface area contributed by atoms with Crippen molar-refractivity contribution in [3.05, 3.63) is 35.4 Å². The third-order valence-corrected chi connectivity index (χ3v) is 2.07. The van der Waals surface area contributed by atoms with Crippen LogP contribution < -0.4 is 5.73 Å². The highest BCUT2D eigenvalue weighted by atomic mass is 19.3. The van der Waals surface area contributed by atoms with Gasteiger partial charge in [-0.3, -0.25) is 4.79 Å². The molecule has 15 heavy (non-hydrogen) atoms. The SMILES string of the molecule is CC(N)C(=O)c1cccc(C(C)(F)F)c1. The minimum Gasteiger partial charge on any atom is -0.321 e. The highest BCUT2D eigenvalue weighted by Crippen LogP contribution is 2.27. The van der Waals surface area contributed by atoms with Gasteiger partial charge in [0.1, 0.15) is 0 Å². The molecule has 0 aliphatic heterocycles. The first-order valence-electron chi connectivity index (χ1n) is 4.60. The number of Topliss-reactive ketones (excluding diaryl/α,β-unsaturated/α-hetero) is 1. The number of halogens is 2. The summed E-state index contributed by atoms with van der Waals surface area (Å²) in [5, 5.41) is 0. The van der Waals surface area contributed by atoms with Crippen LogP contribution in [0.15, 0.2) is 24.3 Å². The van der Waals surface area contributed by atoms with E-state index in [4.69, 9.17) is 5.73 Å². The lowest BCUT2D eigenvalue weighted by atomic mass is 10.0. The molecule has 0 aliphatic carbocycles. The number of hydrogen-bond donors (Lipinski definition) is 1. The summed E-state index contributed by atoms with van der Waals surface area (Å²) in [7, 11) is 0. The fourth-order valence-electron chi connectivity index (χ4n) is 1.21. The van der Waals surface area contributed by atoms with Crippen molar-refractivity contribution in [1.82, 2.24) is 0 Å². The van der Waals surface area contributed by atoms with Crippen molar-refractivity contribution >= 4 is 5.78 Å². The molecular weight excluding hydrogens is 200 g/mol. The first-order chi connectivity index (χ1) is 6.82. The molecular formula is C11H13F2NO. The molecule has 82 valence electrons. The summed E-state index contributed by atoms with van der Waals surface area (Å²) in [6, 6.07) is 4.72. The monoisotopic (exact) mass is 213 g/mol. The molecule has 0 amide bonds. The first-order valence-corrected chi connectivity index (χ1v) is 4.60. The van der Waals surface area contributed by atoms with Crippen LogP contribution in [0.1, 0.15) is 29.8 Å². The number of ketones is 1. The number of carbonyl (C=O) groups excluding carboxylic acids is 1. The summed E-state index contributed by atoms with van der Waals surface area (Å²) in [4.78, 5) is 11.5. The fraction of sp³-hybridized carbons (Fsp3) is 0.364. The molecule has 1 rings (SSSR count). The van der Waals surface area contributed by atoms with E-state index in [2.05, 4.69) is 0 Å². The third kappa shape index (κ3) is 2.83. The van der Waals surface area contributed by atoms with E-state index in [0.717, 1.165) is 6.92 Å². The Morgan fingerprint density at radius 3 is 2.53 bits per heavy atom. The van der Waals surface area contributed by atoms with Crippen molar-refractivity contribution in [2.45, 2.75) is 25.8 Å². The minimum atomic E-state index is -2.94. The van der Waals surface area contributed by atoms with Gasteiger partial charge in [-0.05, 0) is 13.0 Å². The molecule has 0 heterocycles. The Hall–Kier alpha value is -1.29. The summed E-state index contributed by atoms with van der Waals surface area (Å²) in [6.45, 7) is 2.32. The van der Waals surface area contributed by atoms with Crippen LogP contribution in [0.2, 0.25) is 0 Å². The van der Waals surface area contributed by atoms with Crippen LogP contribution in [0.5, 0.6) is 0 Å². The molecule has 1 aromatic rings. The van der Waals surface area contributed by atoms with Crippen molar-refractivity contribution in [3.63, 3.8) is 0 Å². The maximum Gasteiger partial charge on any atom is 0.270 e. The van der Waals surface area contributed by atoms with Gasteiger partial charge in [0.25, 0.3) is 5.92 Å². The Morgan fingerprint density at radius 1 is 1.47 bits per heavy atom. The Kier molecular flexibility index (Phi) is 3.19. The second-order valence-electron chi connectivity index (χ2n) is 3.62. The Balaban J connectivity index is 3.09. The van der Waals surface area contributed by atoms with Crippen LogP contribution in [-0.4, -0.2) is 11.8 Å². The van der Waals surface area contributed by atoms with E-state index >= 15 is 0 Å². The van der Waals surface area contributed by atoms with E-state index in [9.17, 15) is 13.6 Å². The van der Waals surface area contributed by atoms with Crippen molar-refractivity contribution in [1.29, 1.82) is 0 Å². The highest BCUT2D eigenvalue weighted by Gasteiger charge is 2.25. The van der Waals surface area contributed by atoms with E-state index in [1.165, 1.54) is 31.2 Å². The molecule has 0 aromatic heterocycles. The van der Waals surface area contributed by atoms with Crippen LogP contribution in [-0.2, 0) is 5.92 Å². The van der Waals surface area contributed by atoms with Gasteiger partial charge in [-0.2, -0.15) is 0 Å². The van der Waals surface area contributed by atoms with Crippen molar-refractivity contribution < 1.29 is 13.6 Å². The van der Waals surface area contributed by atoms with Gasteiger partial charge in [0.2, 0.25) is 0 Å². The van der Waals surface area contributed by atoms with Crippen LogP contribution in [0.3, 0.4) is 0 Å². The molecule has 1 atom stereocenters. The number of hydrogen-bond acceptors (Lipinski definition) is 2. The van der Waals surface area contributed by atoms with Crippen molar-refractivity contribution in [2.24, 2.45) is 5.73 Å². The Labute approximate surface area is 87.1 Å². The summed E-state index contributed by atoms with van der Waals surface area (Å²) in [6.07, 6.45) is 0. The predicted molar refractivity (Wildman–Crippen MR) is 54.0 cm³/mol. The van der Waals surface area contributed by atoms with Crippen LogP contribution in [0.25, 0.3) is 0 Å². The summed E-state index contributed by atoms with van der Waals surface area (Å²) in [5.74, 6) is -3.27. The molecule has 0 bridgehead atoms. The molecule has 0 fully saturated rings. The normalized spacial score (nSPS) is 13.7. The highest BCUT2D eigenvalue weighted by molar-refractivity contribution is 5.99. The van der Waals surface area contributed by atoms with Gasteiger partial charge in [-0.1, -0.05) is 18.2 Å². The maximum atomic E-state index is 13.0. The quantitative estimate of drug-likeness (QED) is 0.783. The molecule has 1 aromatic carbocycles. The molecule has 1 unspecified atom stereocenters. The van der Waals surface area contributed by atoms with E-state index < -0.39 is 12.0 Å². The first kappa shape index (κ1) is 11.8. The molecule has 2 nitrogen and oxygen atoms in total. The van der Waals surface area contributed by atoms with Crippen molar-refractivity contribution in [3.8, 4) is 0 Å². The Bertz CT molecular complexity index is 369. The standard InChI is InChI=1S/C11H13F2NO/c1-7(14)10(15)8-4-3-5-9(6-8)11(2,12)13/h3-7H,14H2,1-2H3. The van der Waals surface area contributed by atoms with Crippen molar-refractivity contribution in [2.75, 3.05) is 0 Å². The van der Waals surface area contributed by atoms with Crippen LogP contribution in [0.4, 0.5) is 8.78 Å². The number of nitrogens with two attached hydrogens (primary N) is 1. The topological polar surface area (TPSA) is 43.1 Å². The predicted octanol–water partition coefficient (Wildman–Crippen LogP) is 2.33. The van der Waals surface area contributed by atoms with Gasteiger partial charge in [0, 0.05) is 18.1 Å². The molecule has 2 N–H and O–H groups in total. The van der Waals surface area contributed by atoms with Gasteiger partial charge in [-0.15, -0.1) is 0 Å². The molecule has 0 saturated heterocycles. The molecule has 0 radical (unpaired) electrons. The van der Waals surface area contributed by atoms with Gasteiger partial charge in [-0.25, -0.2) is 8.78 Å². The number of carbonyl (C=O) groups is 1. The van der Waals surface area contributed by atoms with E-state index in [-0.39, 0.29) is 16.9 Å². The number of alkyl halides is 2. The molecule has 0 spiro atoms. The summed E-state index contributed by atoms with van der Waals surface area (Å²) < 4.78 is 25.9. The lowest BCUT2D eigenvalue weighted by Gasteiger charge is -2.12. The van der Waals surface area contributed by atoms with Gasteiger partial charge in [0.05, 0.1) is 6.04 Å². The maximum absolute atomic E-state index is 13.0. The zero-order valence-corrected chi connectivity index (χ0v) is 8.63. The lowest BCUT2D eigenvalue weighted by Crippen LogP contribution is -2.26. The third-order valence-electron chi connectivity index (χ3n) is 2.07. The van der Waals surface area contributed by atoms with Crippen LogP contribution >= 0.6 is 0 Å². The lowest BCUT2D eigenvalue weighted by molar-refractivity contribution is 0.0174. The molecule has 0 saturated carbocycles. The van der Waals surface area contributed by atoms with E-state index in [1.54, 1.807) is 0 Å². The average Bonchev–Trinajstić information content (AvgIpc) is 2.15. The average molecular weight is 213 g/mol. The van der Waals surface area contributed by atoms with Crippen LogP contribution in [0, 0.1) is 0 Å². The zero-order chi connectivity index (χ0) is 11.6. The van der Waals surface area contributed by atoms with Gasteiger partial charge < -0.3 is 5.73 Å². The Morgan fingerprint density at radius 2 is 2.07 bits per heavy atom. The van der Waals surface area contributed by atoms with Gasteiger partial charge in [0.15, 0.2) is 5.78 Å². The largest absolute Gasteiger partial charge is 0.321 e. The summed E-state index contributed by atoms with van der Waals surface area (Å²) in [5.41, 5.74) is 5.44. The second-order valence-corrected chi connectivity index (χ2v) is 3.62. The fourth-order valence-corrected chi connectivity index (χ4v) is 1.21. The van der Waals surface area contributed by atoms with E-state index in [0.29, 0.717) is 0 Å². The molecule has 4 heteroatoms. The van der Waals surface area contributed by atoms with E-state index in [1.807, 2.05) is 0 Å². The minimum absolute atomic E-state index is 0.172. The molecule has 0 aliphatic rings. The second kappa shape index (κ2) is 4.06.